The van der Waals surface area contributed by atoms with E-state index in [1.165, 1.54) is 4.31 Å². The van der Waals surface area contributed by atoms with E-state index >= 15 is 0 Å². The highest BCUT2D eigenvalue weighted by Gasteiger charge is 2.26. The van der Waals surface area contributed by atoms with Gasteiger partial charge in [0.1, 0.15) is 0 Å². The molecule has 0 spiro atoms. The van der Waals surface area contributed by atoms with E-state index in [-0.39, 0.29) is 23.9 Å². The second-order valence-corrected chi connectivity index (χ2v) is 8.90. The van der Waals surface area contributed by atoms with Gasteiger partial charge in [-0.2, -0.15) is 4.31 Å². The topological polar surface area (TPSA) is 84.9 Å². The maximum Gasteiger partial charge on any atom is 0.243 e. The summed E-state index contributed by atoms with van der Waals surface area (Å²) in [5.74, 6) is 0.921. The number of amides is 1. The van der Waals surface area contributed by atoms with Crippen molar-refractivity contribution in [2.75, 3.05) is 33.9 Å². The van der Waals surface area contributed by atoms with Gasteiger partial charge in [-0.15, -0.1) is 0 Å². The number of carbonyl (C=O) groups is 1. The fourth-order valence-electron chi connectivity index (χ4n) is 3.09. The Morgan fingerprint density at radius 2 is 1.73 bits per heavy atom. The highest BCUT2D eigenvalue weighted by Crippen LogP contribution is 2.27. The van der Waals surface area contributed by atoms with Gasteiger partial charge < -0.3 is 14.8 Å². The number of carbonyl (C=O) groups excluding carboxylic acids is 1. The van der Waals surface area contributed by atoms with Crippen LogP contribution < -0.4 is 14.8 Å². The molecular weight excluding hydrogens is 404 g/mol. The molecule has 0 aliphatic carbocycles. The van der Waals surface area contributed by atoms with Crippen molar-refractivity contribution in [1.29, 1.82) is 0 Å². The van der Waals surface area contributed by atoms with Gasteiger partial charge in [-0.1, -0.05) is 25.1 Å². The van der Waals surface area contributed by atoms with Gasteiger partial charge in [-0.3, -0.25) is 4.79 Å². The minimum atomic E-state index is -3.75. The van der Waals surface area contributed by atoms with E-state index in [2.05, 4.69) is 5.32 Å². The average Bonchev–Trinajstić information content (AvgIpc) is 2.73. The molecule has 0 saturated heterocycles. The molecule has 1 N–H and O–H groups in total. The molecule has 7 nitrogen and oxygen atoms in total. The normalized spacial score (nSPS) is 11.4. The van der Waals surface area contributed by atoms with Gasteiger partial charge in [0.2, 0.25) is 15.9 Å². The standard InChI is InChI=1S/C22H30N2O5S/c1-6-24(30(26,27)21-13-16(2)7-8-17(21)3)15-22(25)23-12-11-18-9-10-19(28-4)20(14-18)29-5/h7-10,13-14H,6,11-12,15H2,1-5H3,(H,23,25). The maximum absolute atomic E-state index is 13.0. The maximum atomic E-state index is 13.0. The predicted molar refractivity (Wildman–Crippen MR) is 117 cm³/mol. The zero-order valence-corrected chi connectivity index (χ0v) is 19.0. The molecule has 1 amide bonds. The van der Waals surface area contributed by atoms with Crippen molar-refractivity contribution >= 4 is 15.9 Å². The molecule has 30 heavy (non-hydrogen) atoms. The Morgan fingerprint density at radius 3 is 2.37 bits per heavy atom. The van der Waals surface area contributed by atoms with Gasteiger partial charge in [-0.05, 0) is 55.2 Å². The Labute approximate surface area is 179 Å². The highest BCUT2D eigenvalue weighted by molar-refractivity contribution is 7.89. The van der Waals surface area contributed by atoms with E-state index in [4.69, 9.17) is 9.47 Å². The molecule has 0 fully saturated rings. The summed E-state index contributed by atoms with van der Waals surface area (Å²) in [6.07, 6.45) is 0.585. The lowest BCUT2D eigenvalue weighted by Crippen LogP contribution is -2.41. The number of likely N-dealkylation sites (N-methyl/N-ethyl adjacent to an activating group) is 1. The van der Waals surface area contributed by atoms with E-state index < -0.39 is 10.0 Å². The van der Waals surface area contributed by atoms with Gasteiger partial charge in [0.15, 0.2) is 11.5 Å². The minimum absolute atomic E-state index is 0.207. The molecule has 2 rings (SSSR count). The third-order valence-corrected chi connectivity index (χ3v) is 6.88. The van der Waals surface area contributed by atoms with Gasteiger partial charge in [0.05, 0.1) is 25.7 Å². The smallest absolute Gasteiger partial charge is 0.243 e. The van der Waals surface area contributed by atoms with Crippen LogP contribution in [-0.4, -0.2) is 52.5 Å². The summed E-state index contributed by atoms with van der Waals surface area (Å²) in [7, 11) is -0.610. The number of hydrogen-bond donors (Lipinski definition) is 1. The summed E-state index contributed by atoms with van der Waals surface area (Å²) in [6.45, 7) is 5.69. The molecule has 2 aromatic rings. The Hall–Kier alpha value is -2.58. The highest BCUT2D eigenvalue weighted by atomic mass is 32.2. The fourth-order valence-corrected chi connectivity index (χ4v) is 4.80. The van der Waals surface area contributed by atoms with Crippen molar-refractivity contribution in [3.63, 3.8) is 0 Å². The van der Waals surface area contributed by atoms with Crippen LogP contribution >= 0.6 is 0 Å². The molecule has 0 saturated carbocycles. The number of methoxy groups -OCH3 is 2. The molecule has 0 aliphatic rings. The summed E-state index contributed by atoms with van der Waals surface area (Å²) in [4.78, 5) is 12.6. The molecule has 0 heterocycles. The van der Waals surface area contributed by atoms with Crippen LogP contribution in [0.15, 0.2) is 41.3 Å². The fraction of sp³-hybridized carbons (Fsp3) is 0.409. The summed E-state index contributed by atoms with van der Waals surface area (Å²) in [5.41, 5.74) is 2.49. The van der Waals surface area contributed by atoms with E-state index in [0.717, 1.165) is 11.1 Å². The monoisotopic (exact) mass is 434 g/mol. The van der Waals surface area contributed by atoms with Gasteiger partial charge in [-0.25, -0.2) is 8.42 Å². The van der Waals surface area contributed by atoms with E-state index in [1.807, 2.05) is 31.2 Å². The lowest BCUT2D eigenvalue weighted by atomic mass is 10.1. The number of nitrogens with zero attached hydrogens (tertiary/aromatic N) is 1. The molecule has 0 aromatic heterocycles. The van der Waals surface area contributed by atoms with Crippen molar-refractivity contribution < 1.29 is 22.7 Å². The van der Waals surface area contributed by atoms with E-state index in [0.29, 0.717) is 30.0 Å². The van der Waals surface area contributed by atoms with E-state index in [1.54, 1.807) is 40.2 Å². The first-order chi connectivity index (χ1) is 14.2. The molecule has 0 radical (unpaired) electrons. The first kappa shape index (κ1) is 23.7. The lowest BCUT2D eigenvalue weighted by Gasteiger charge is -2.21. The van der Waals surface area contributed by atoms with Crippen molar-refractivity contribution in [1.82, 2.24) is 9.62 Å². The number of sulfonamides is 1. The number of rotatable bonds is 10. The quantitative estimate of drug-likeness (QED) is 0.622. The summed E-state index contributed by atoms with van der Waals surface area (Å²) < 4.78 is 37.7. The first-order valence-corrected chi connectivity index (χ1v) is 11.2. The SMILES string of the molecule is CCN(CC(=O)NCCc1ccc(OC)c(OC)c1)S(=O)(=O)c1cc(C)ccc1C. The molecule has 8 heteroatoms. The Morgan fingerprint density at radius 1 is 1.03 bits per heavy atom. The van der Waals surface area contributed by atoms with Crippen molar-refractivity contribution in [2.24, 2.45) is 0 Å². The van der Waals surface area contributed by atoms with Crippen LogP contribution in [0.25, 0.3) is 0 Å². The summed E-state index contributed by atoms with van der Waals surface area (Å²) in [5, 5.41) is 2.79. The minimum Gasteiger partial charge on any atom is -0.493 e. The third kappa shape index (κ3) is 5.73. The molecule has 2 aromatic carbocycles. The number of aryl methyl sites for hydroxylation is 2. The molecule has 0 atom stereocenters. The van der Waals surface area contributed by atoms with Crippen molar-refractivity contribution in [2.45, 2.75) is 32.1 Å². The van der Waals surface area contributed by atoms with E-state index in [9.17, 15) is 13.2 Å². The number of nitrogens with one attached hydrogen (secondary N) is 1. The summed E-state index contributed by atoms with van der Waals surface area (Å²) in [6, 6.07) is 10.9. The van der Waals surface area contributed by atoms with Crippen LogP contribution in [0.4, 0.5) is 0 Å². The van der Waals surface area contributed by atoms with Gasteiger partial charge >= 0.3 is 0 Å². The van der Waals surface area contributed by atoms with Crippen LogP contribution in [0.5, 0.6) is 11.5 Å². The van der Waals surface area contributed by atoms with Gasteiger partial charge in [0, 0.05) is 13.1 Å². The Bertz CT molecular complexity index is 989. The molecular formula is C22H30N2O5S. The van der Waals surface area contributed by atoms with Crippen LogP contribution in [-0.2, 0) is 21.2 Å². The molecule has 164 valence electrons. The van der Waals surface area contributed by atoms with Crippen LogP contribution in [0.1, 0.15) is 23.6 Å². The molecule has 0 bridgehead atoms. The van der Waals surface area contributed by atoms with Crippen LogP contribution in [0, 0.1) is 13.8 Å². The van der Waals surface area contributed by atoms with Crippen molar-refractivity contribution in [3.8, 4) is 11.5 Å². The Kier molecular flexibility index (Phi) is 8.25. The van der Waals surface area contributed by atoms with Crippen LogP contribution in [0.2, 0.25) is 0 Å². The van der Waals surface area contributed by atoms with Crippen LogP contribution in [0.3, 0.4) is 0 Å². The summed E-state index contributed by atoms with van der Waals surface area (Å²) >= 11 is 0. The average molecular weight is 435 g/mol. The third-order valence-electron chi connectivity index (χ3n) is 4.82. The second-order valence-electron chi connectivity index (χ2n) is 6.99. The number of benzene rings is 2. The van der Waals surface area contributed by atoms with Crippen molar-refractivity contribution in [3.05, 3.63) is 53.1 Å². The molecule has 0 unspecified atom stereocenters. The largest absolute Gasteiger partial charge is 0.493 e. The number of hydrogen-bond acceptors (Lipinski definition) is 5. The number of ether oxygens (including phenoxy) is 2. The lowest BCUT2D eigenvalue weighted by molar-refractivity contribution is -0.121. The van der Waals surface area contributed by atoms with Gasteiger partial charge in [0.25, 0.3) is 0 Å². The zero-order valence-electron chi connectivity index (χ0n) is 18.2. The predicted octanol–water partition coefficient (Wildman–Crippen LogP) is 2.69. The first-order valence-electron chi connectivity index (χ1n) is 9.78. The zero-order chi connectivity index (χ0) is 22.3. The second kappa shape index (κ2) is 10.4. The Balaban J connectivity index is 2.00. The molecule has 0 aliphatic heterocycles.